The molecule has 0 radical (unpaired) electrons. The van der Waals surface area contributed by atoms with E-state index in [-0.39, 0.29) is 24.1 Å². The lowest BCUT2D eigenvalue weighted by Gasteiger charge is -2.17. The normalized spacial score (nSPS) is 19.6. The molecule has 0 aliphatic carbocycles. The minimum atomic E-state index is -0.576. The van der Waals surface area contributed by atoms with Gasteiger partial charge < -0.3 is 10.1 Å². The highest BCUT2D eigenvalue weighted by Crippen LogP contribution is 2.36. The van der Waals surface area contributed by atoms with Crippen LogP contribution in [-0.2, 0) is 14.3 Å². The van der Waals surface area contributed by atoms with E-state index in [1.807, 2.05) is 30.3 Å². The van der Waals surface area contributed by atoms with E-state index in [1.165, 1.54) is 6.92 Å². The van der Waals surface area contributed by atoms with Gasteiger partial charge >= 0.3 is 5.97 Å². The number of rotatable bonds is 4. The van der Waals surface area contributed by atoms with Crippen LogP contribution in [0, 0.1) is 5.92 Å². The Morgan fingerprint density at radius 1 is 1.04 bits per heavy atom. The molecule has 0 aromatic heterocycles. The molecule has 1 saturated heterocycles. The number of carbonyl (C=O) groups is 3. The predicted molar refractivity (Wildman–Crippen MR) is 88.5 cm³/mol. The number of ketones is 1. The third kappa shape index (κ3) is 3.35. The molecule has 0 unspecified atom stereocenters. The van der Waals surface area contributed by atoms with E-state index >= 15 is 0 Å². The largest absolute Gasteiger partial charge is 0.457 e. The Morgan fingerprint density at radius 3 is 2.33 bits per heavy atom. The number of carbonyl (C=O) groups excluding carboxylic acids is 3. The Labute approximate surface area is 139 Å². The number of amides is 1. The van der Waals surface area contributed by atoms with Gasteiger partial charge in [0.25, 0.3) is 0 Å². The summed E-state index contributed by atoms with van der Waals surface area (Å²) in [6.07, 6.45) is -0.521. The maximum absolute atomic E-state index is 12.6. The van der Waals surface area contributed by atoms with Crippen LogP contribution in [0.2, 0.25) is 0 Å². The molecule has 1 aliphatic rings. The third-order valence-corrected chi connectivity index (χ3v) is 4.03. The SMILES string of the molecule is CC(=O)c1ccc(NC(=O)[C@@H]2CC(=O)O[C@@H]2c2ccccc2)cc1. The summed E-state index contributed by atoms with van der Waals surface area (Å²) >= 11 is 0. The van der Waals surface area contributed by atoms with E-state index in [2.05, 4.69) is 5.32 Å². The lowest BCUT2D eigenvalue weighted by atomic mass is 9.94. The Balaban J connectivity index is 1.75. The molecule has 2 aromatic rings. The summed E-state index contributed by atoms with van der Waals surface area (Å²) in [6.45, 7) is 1.49. The zero-order valence-electron chi connectivity index (χ0n) is 13.2. The van der Waals surface area contributed by atoms with E-state index in [0.717, 1.165) is 5.56 Å². The van der Waals surface area contributed by atoms with Crippen LogP contribution in [0.1, 0.15) is 35.4 Å². The molecule has 1 fully saturated rings. The fraction of sp³-hybridized carbons (Fsp3) is 0.211. The van der Waals surface area contributed by atoms with Crippen molar-refractivity contribution in [3.8, 4) is 0 Å². The fourth-order valence-electron chi connectivity index (χ4n) is 2.75. The molecule has 5 heteroatoms. The third-order valence-electron chi connectivity index (χ3n) is 4.03. The van der Waals surface area contributed by atoms with Crippen molar-refractivity contribution < 1.29 is 19.1 Å². The first-order valence-electron chi connectivity index (χ1n) is 7.71. The number of anilines is 1. The highest BCUT2D eigenvalue weighted by Gasteiger charge is 2.40. The Morgan fingerprint density at radius 2 is 1.71 bits per heavy atom. The summed E-state index contributed by atoms with van der Waals surface area (Å²) < 4.78 is 5.32. The second-order valence-electron chi connectivity index (χ2n) is 5.75. The van der Waals surface area contributed by atoms with Gasteiger partial charge in [-0.25, -0.2) is 0 Å². The summed E-state index contributed by atoms with van der Waals surface area (Å²) in [5.41, 5.74) is 1.96. The minimum Gasteiger partial charge on any atom is -0.457 e. The van der Waals surface area contributed by atoms with Crippen molar-refractivity contribution in [2.75, 3.05) is 5.32 Å². The van der Waals surface area contributed by atoms with Crippen LogP contribution in [0.5, 0.6) is 0 Å². The molecule has 1 aliphatic heterocycles. The summed E-state index contributed by atoms with van der Waals surface area (Å²) in [5, 5.41) is 2.79. The van der Waals surface area contributed by atoms with Crippen molar-refractivity contribution in [3.63, 3.8) is 0 Å². The molecule has 24 heavy (non-hydrogen) atoms. The van der Waals surface area contributed by atoms with E-state index in [4.69, 9.17) is 4.74 Å². The van der Waals surface area contributed by atoms with Gasteiger partial charge in [0.05, 0.1) is 12.3 Å². The summed E-state index contributed by atoms with van der Waals surface area (Å²) in [4.78, 5) is 35.5. The smallest absolute Gasteiger partial charge is 0.307 e. The number of benzene rings is 2. The second-order valence-corrected chi connectivity index (χ2v) is 5.75. The summed E-state index contributed by atoms with van der Waals surface area (Å²) in [7, 11) is 0. The van der Waals surface area contributed by atoms with Crippen LogP contribution in [0.15, 0.2) is 54.6 Å². The molecule has 0 spiro atoms. The van der Waals surface area contributed by atoms with Crippen molar-refractivity contribution in [2.24, 2.45) is 5.92 Å². The van der Waals surface area contributed by atoms with E-state index < -0.39 is 12.0 Å². The number of ether oxygens (including phenoxy) is 1. The number of nitrogens with one attached hydrogen (secondary N) is 1. The van der Waals surface area contributed by atoms with Crippen LogP contribution in [-0.4, -0.2) is 17.7 Å². The van der Waals surface area contributed by atoms with Gasteiger partial charge in [-0.2, -0.15) is 0 Å². The monoisotopic (exact) mass is 323 g/mol. The lowest BCUT2D eigenvalue weighted by molar-refractivity contribution is -0.141. The van der Waals surface area contributed by atoms with Crippen molar-refractivity contribution >= 4 is 23.3 Å². The van der Waals surface area contributed by atoms with Gasteiger partial charge in [-0.15, -0.1) is 0 Å². The van der Waals surface area contributed by atoms with Crippen molar-refractivity contribution in [1.82, 2.24) is 0 Å². The van der Waals surface area contributed by atoms with Crippen LogP contribution >= 0.6 is 0 Å². The molecule has 0 bridgehead atoms. The van der Waals surface area contributed by atoms with Crippen molar-refractivity contribution in [2.45, 2.75) is 19.4 Å². The van der Waals surface area contributed by atoms with Crippen molar-refractivity contribution in [3.05, 3.63) is 65.7 Å². The molecule has 1 N–H and O–H groups in total. The number of hydrogen-bond donors (Lipinski definition) is 1. The molecule has 1 amide bonds. The first kappa shape index (κ1) is 15.9. The Hall–Kier alpha value is -2.95. The average Bonchev–Trinajstić information content (AvgIpc) is 2.98. The molecule has 3 rings (SSSR count). The second kappa shape index (κ2) is 6.66. The molecule has 2 aromatic carbocycles. The molecule has 5 nitrogen and oxygen atoms in total. The van der Waals surface area contributed by atoms with Crippen LogP contribution in [0.25, 0.3) is 0 Å². The van der Waals surface area contributed by atoms with Crippen LogP contribution in [0.4, 0.5) is 5.69 Å². The number of cyclic esters (lactones) is 1. The molecule has 2 atom stereocenters. The number of Topliss-reactive ketones (excluding diaryl/α,β-unsaturated/α-hetero) is 1. The maximum atomic E-state index is 12.6. The highest BCUT2D eigenvalue weighted by atomic mass is 16.6. The lowest BCUT2D eigenvalue weighted by Crippen LogP contribution is -2.25. The van der Waals surface area contributed by atoms with Gasteiger partial charge in [0.15, 0.2) is 5.78 Å². The number of esters is 1. The van der Waals surface area contributed by atoms with Gasteiger partial charge in [0.2, 0.25) is 5.91 Å². The topological polar surface area (TPSA) is 72.5 Å². The molecular formula is C19H17NO4. The quantitative estimate of drug-likeness (QED) is 0.693. The summed E-state index contributed by atoms with van der Waals surface area (Å²) in [5.74, 6) is -1.26. The molecule has 0 saturated carbocycles. The van der Waals surface area contributed by atoms with Gasteiger partial charge in [-0.05, 0) is 36.8 Å². The zero-order chi connectivity index (χ0) is 17.1. The van der Waals surface area contributed by atoms with Gasteiger partial charge in [-0.3, -0.25) is 14.4 Å². The Bertz CT molecular complexity index is 768. The maximum Gasteiger partial charge on any atom is 0.307 e. The van der Waals surface area contributed by atoms with Gasteiger partial charge in [0.1, 0.15) is 6.10 Å². The van der Waals surface area contributed by atoms with Crippen LogP contribution in [0.3, 0.4) is 0 Å². The molecule has 1 heterocycles. The highest BCUT2D eigenvalue weighted by molar-refractivity contribution is 5.98. The average molecular weight is 323 g/mol. The predicted octanol–water partition coefficient (Wildman–Crippen LogP) is 3.13. The molecule has 122 valence electrons. The van der Waals surface area contributed by atoms with Gasteiger partial charge in [0, 0.05) is 11.3 Å². The molecular weight excluding hydrogens is 306 g/mol. The van der Waals surface area contributed by atoms with Crippen molar-refractivity contribution in [1.29, 1.82) is 0 Å². The zero-order valence-corrected chi connectivity index (χ0v) is 13.2. The Kier molecular flexibility index (Phi) is 4.42. The first-order chi connectivity index (χ1) is 11.5. The first-order valence-corrected chi connectivity index (χ1v) is 7.71. The van der Waals surface area contributed by atoms with Crippen LogP contribution < -0.4 is 5.32 Å². The van der Waals surface area contributed by atoms with E-state index in [9.17, 15) is 14.4 Å². The summed E-state index contributed by atoms with van der Waals surface area (Å²) in [6, 6.07) is 15.9. The van der Waals surface area contributed by atoms with E-state index in [1.54, 1.807) is 24.3 Å². The minimum absolute atomic E-state index is 0.0354. The number of hydrogen-bond acceptors (Lipinski definition) is 4. The fourth-order valence-corrected chi connectivity index (χ4v) is 2.75. The van der Waals surface area contributed by atoms with E-state index in [0.29, 0.717) is 11.3 Å². The standard InChI is InChI=1S/C19H17NO4/c1-12(21)13-7-9-15(10-8-13)20-19(23)16-11-17(22)24-18(16)14-5-3-2-4-6-14/h2-10,16,18H,11H2,1H3,(H,20,23)/t16-,18-/m1/s1. The van der Waals surface area contributed by atoms with Gasteiger partial charge in [-0.1, -0.05) is 30.3 Å².